The second-order valence-electron chi connectivity index (χ2n) is 3.91. The third-order valence-corrected chi connectivity index (χ3v) is 2.69. The quantitative estimate of drug-likeness (QED) is 0.879. The molecule has 0 radical (unpaired) electrons. The first-order chi connectivity index (χ1) is 9.36. The third-order valence-electron chi connectivity index (χ3n) is 2.69. The summed E-state index contributed by atoms with van der Waals surface area (Å²) in [6.07, 6.45) is 0. The number of ether oxygens (including phenoxy) is 1. The molecule has 0 aliphatic carbocycles. The molecule has 8 heteroatoms. The molecule has 0 aliphatic heterocycles. The maximum Gasteiger partial charge on any atom is 0.356 e. The van der Waals surface area contributed by atoms with E-state index in [4.69, 9.17) is 9.84 Å². The van der Waals surface area contributed by atoms with Crippen LogP contribution in [0.15, 0.2) is 12.1 Å². The van der Waals surface area contributed by atoms with Crippen molar-refractivity contribution in [3.05, 3.63) is 35.3 Å². The summed E-state index contributed by atoms with van der Waals surface area (Å²) in [6, 6.07) is 1.36. The fraction of sp³-hybridized carbons (Fsp3) is 0.167. The van der Waals surface area contributed by atoms with Crippen LogP contribution in [0, 0.1) is 17.5 Å². The predicted octanol–water partition coefficient (Wildman–Crippen LogP) is 2.21. The monoisotopic (exact) mass is 286 g/mol. The normalized spacial score (nSPS) is 10.7. The summed E-state index contributed by atoms with van der Waals surface area (Å²) in [4.78, 5) is 10.8. The number of benzene rings is 1. The van der Waals surface area contributed by atoms with E-state index in [1.54, 1.807) is 0 Å². The molecule has 106 valence electrons. The van der Waals surface area contributed by atoms with Crippen LogP contribution in [-0.2, 0) is 7.05 Å². The lowest BCUT2D eigenvalue weighted by Crippen LogP contribution is -2.03. The number of carboxylic acids is 1. The minimum atomic E-state index is -1.41. The summed E-state index contributed by atoms with van der Waals surface area (Å²) >= 11 is 0. The van der Waals surface area contributed by atoms with Crippen molar-refractivity contribution >= 4 is 5.97 Å². The van der Waals surface area contributed by atoms with Crippen molar-refractivity contribution < 1.29 is 27.8 Å². The van der Waals surface area contributed by atoms with Gasteiger partial charge < -0.3 is 9.84 Å². The van der Waals surface area contributed by atoms with E-state index in [2.05, 4.69) is 5.10 Å². The number of nitrogens with zero attached hydrogens (tertiary/aromatic N) is 2. The summed E-state index contributed by atoms with van der Waals surface area (Å²) in [5.74, 6) is -5.72. The summed E-state index contributed by atoms with van der Waals surface area (Å²) in [6.45, 7) is 0. The van der Waals surface area contributed by atoms with Gasteiger partial charge in [0, 0.05) is 13.1 Å². The lowest BCUT2D eigenvalue weighted by Gasteiger charge is -2.11. The zero-order valence-electron chi connectivity index (χ0n) is 10.4. The predicted molar refractivity (Wildman–Crippen MR) is 62.0 cm³/mol. The zero-order chi connectivity index (χ0) is 15.0. The van der Waals surface area contributed by atoms with E-state index in [-0.39, 0.29) is 11.4 Å². The van der Waals surface area contributed by atoms with Crippen LogP contribution >= 0.6 is 0 Å². The van der Waals surface area contributed by atoms with Crippen LogP contribution in [0.25, 0.3) is 11.3 Å². The van der Waals surface area contributed by atoms with Crippen LogP contribution in [0.5, 0.6) is 5.75 Å². The minimum absolute atomic E-state index is 0.116. The smallest absolute Gasteiger partial charge is 0.356 e. The molecule has 1 aromatic heterocycles. The molecular weight excluding hydrogens is 277 g/mol. The average molecular weight is 286 g/mol. The van der Waals surface area contributed by atoms with Crippen molar-refractivity contribution in [2.75, 3.05) is 7.11 Å². The molecule has 0 bridgehead atoms. The van der Waals surface area contributed by atoms with Gasteiger partial charge in [0.25, 0.3) is 0 Å². The minimum Gasteiger partial charge on any atom is -0.493 e. The van der Waals surface area contributed by atoms with Gasteiger partial charge in [-0.05, 0) is 6.07 Å². The van der Waals surface area contributed by atoms with E-state index in [0.29, 0.717) is 6.07 Å². The van der Waals surface area contributed by atoms with E-state index in [9.17, 15) is 18.0 Å². The first kappa shape index (κ1) is 13.9. The molecule has 0 unspecified atom stereocenters. The lowest BCUT2D eigenvalue weighted by atomic mass is 10.1. The molecule has 0 fully saturated rings. The molecule has 1 N–H and O–H groups in total. The standard InChI is InChI=1S/C12H9F3N2O3/c1-17-8(4-7(16-17)12(18)19)9-10(15)5(13)3-6(14)11(9)20-2/h3-4H,1-2H3,(H,18,19). The Hall–Kier alpha value is -2.51. The van der Waals surface area contributed by atoms with E-state index >= 15 is 0 Å². The number of carboxylic acid groups (broad SMARTS) is 1. The van der Waals surface area contributed by atoms with Crippen molar-refractivity contribution in [3.63, 3.8) is 0 Å². The molecular formula is C12H9F3N2O3. The Morgan fingerprint density at radius 2 is 1.95 bits per heavy atom. The zero-order valence-corrected chi connectivity index (χ0v) is 10.4. The summed E-state index contributed by atoms with van der Waals surface area (Å²) < 4.78 is 46.5. The summed E-state index contributed by atoms with van der Waals surface area (Å²) in [5.41, 5.74) is -1.02. The fourth-order valence-corrected chi connectivity index (χ4v) is 1.81. The first-order valence-electron chi connectivity index (χ1n) is 5.36. The van der Waals surface area contributed by atoms with Gasteiger partial charge in [-0.1, -0.05) is 0 Å². The van der Waals surface area contributed by atoms with Gasteiger partial charge in [0.05, 0.1) is 18.4 Å². The maximum absolute atomic E-state index is 13.9. The summed E-state index contributed by atoms with van der Waals surface area (Å²) in [5, 5.41) is 12.4. The molecule has 0 saturated carbocycles. The van der Waals surface area contributed by atoms with Gasteiger partial charge in [0.1, 0.15) is 0 Å². The molecule has 0 saturated heterocycles. The van der Waals surface area contributed by atoms with Crippen molar-refractivity contribution in [1.82, 2.24) is 9.78 Å². The molecule has 0 spiro atoms. The van der Waals surface area contributed by atoms with Crippen LogP contribution in [0.4, 0.5) is 13.2 Å². The van der Waals surface area contributed by atoms with Crippen LogP contribution < -0.4 is 4.74 Å². The Balaban J connectivity index is 2.78. The molecule has 0 aliphatic rings. The van der Waals surface area contributed by atoms with Crippen molar-refractivity contribution in [3.8, 4) is 17.0 Å². The van der Waals surface area contributed by atoms with Gasteiger partial charge in [-0.2, -0.15) is 5.10 Å². The van der Waals surface area contributed by atoms with E-state index in [1.165, 1.54) is 7.05 Å². The molecule has 2 rings (SSSR count). The highest BCUT2D eigenvalue weighted by Gasteiger charge is 2.25. The molecule has 0 amide bonds. The SMILES string of the molecule is COc1c(F)cc(F)c(F)c1-c1cc(C(=O)O)nn1C. The average Bonchev–Trinajstić information content (AvgIpc) is 2.75. The second kappa shape index (κ2) is 4.87. The Morgan fingerprint density at radius 3 is 2.45 bits per heavy atom. The molecule has 1 aromatic carbocycles. The highest BCUT2D eigenvalue weighted by atomic mass is 19.2. The number of aryl methyl sites for hydroxylation is 1. The van der Waals surface area contributed by atoms with Crippen LogP contribution in [0.3, 0.4) is 0 Å². The number of aromatic nitrogens is 2. The second-order valence-corrected chi connectivity index (χ2v) is 3.91. The molecule has 5 nitrogen and oxygen atoms in total. The number of methoxy groups -OCH3 is 1. The Morgan fingerprint density at radius 1 is 1.30 bits per heavy atom. The highest BCUT2D eigenvalue weighted by Crippen LogP contribution is 2.36. The lowest BCUT2D eigenvalue weighted by molar-refractivity contribution is 0.0689. The van der Waals surface area contributed by atoms with Crippen LogP contribution in [-0.4, -0.2) is 28.0 Å². The van der Waals surface area contributed by atoms with Crippen molar-refractivity contribution in [2.24, 2.45) is 7.05 Å². The Bertz CT molecular complexity index is 698. The van der Waals surface area contributed by atoms with Gasteiger partial charge >= 0.3 is 5.97 Å². The molecule has 20 heavy (non-hydrogen) atoms. The Kier molecular flexibility index (Phi) is 3.39. The van der Waals surface area contributed by atoms with Crippen molar-refractivity contribution in [2.45, 2.75) is 0 Å². The topological polar surface area (TPSA) is 64.3 Å². The largest absolute Gasteiger partial charge is 0.493 e. The molecule has 2 aromatic rings. The van der Waals surface area contributed by atoms with E-state index in [1.807, 2.05) is 0 Å². The number of rotatable bonds is 3. The first-order valence-corrected chi connectivity index (χ1v) is 5.36. The molecule has 0 atom stereocenters. The maximum atomic E-state index is 13.9. The van der Waals surface area contributed by atoms with Gasteiger partial charge in [0.15, 0.2) is 28.9 Å². The van der Waals surface area contributed by atoms with Gasteiger partial charge in [-0.25, -0.2) is 18.0 Å². The van der Waals surface area contributed by atoms with Crippen molar-refractivity contribution in [1.29, 1.82) is 0 Å². The third kappa shape index (κ3) is 2.09. The number of hydrogen-bond acceptors (Lipinski definition) is 3. The highest BCUT2D eigenvalue weighted by molar-refractivity contribution is 5.87. The van der Waals surface area contributed by atoms with E-state index in [0.717, 1.165) is 17.9 Å². The molecule has 1 heterocycles. The Labute approximate surface area is 111 Å². The number of carbonyl (C=O) groups is 1. The number of halogens is 3. The van der Waals surface area contributed by atoms with E-state index < -0.39 is 34.7 Å². The van der Waals surface area contributed by atoms with Crippen LogP contribution in [0.2, 0.25) is 0 Å². The van der Waals surface area contributed by atoms with Gasteiger partial charge in [-0.15, -0.1) is 0 Å². The number of hydrogen-bond donors (Lipinski definition) is 1. The van der Waals surface area contributed by atoms with Crippen LogP contribution in [0.1, 0.15) is 10.5 Å². The summed E-state index contributed by atoms with van der Waals surface area (Å²) in [7, 11) is 2.41. The number of aromatic carboxylic acids is 1. The fourth-order valence-electron chi connectivity index (χ4n) is 1.81. The van der Waals surface area contributed by atoms with Gasteiger partial charge in [0.2, 0.25) is 0 Å². The van der Waals surface area contributed by atoms with Gasteiger partial charge in [-0.3, -0.25) is 4.68 Å².